The van der Waals surface area contributed by atoms with E-state index in [9.17, 15) is 18.0 Å². The third-order valence-corrected chi connectivity index (χ3v) is 5.18. The van der Waals surface area contributed by atoms with Crippen molar-refractivity contribution >= 4 is 5.91 Å². The zero-order valence-electron chi connectivity index (χ0n) is 16.6. The molecule has 3 rings (SSSR count). The quantitative estimate of drug-likeness (QED) is 0.793. The fraction of sp³-hybridized carbons (Fsp3) is 0.500. The maximum Gasteiger partial charge on any atom is 0.405 e. The molecule has 1 atom stereocenters. The van der Waals surface area contributed by atoms with Gasteiger partial charge < -0.3 is 15.1 Å². The number of hydrogen-bond acceptors (Lipinski definition) is 5. The molecule has 0 aromatic carbocycles. The van der Waals surface area contributed by atoms with Crippen LogP contribution in [0.1, 0.15) is 25.2 Å². The van der Waals surface area contributed by atoms with E-state index in [0.29, 0.717) is 13.1 Å². The highest BCUT2D eigenvalue weighted by Gasteiger charge is 2.39. The number of pyridine rings is 1. The lowest BCUT2D eigenvalue weighted by Crippen LogP contribution is -2.61. The van der Waals surface area contributed by atoms with Crippen LogP contribution < -0.4 is 10.6 Å². The summed E-state index contributed by atoms with van der Waals surface area (Å²) >= 11 is 0. The molecule has 6 nitrogen and oxygen atoms in total. The molecule has 2 N–H and O–H groups in total. The van der Waals surface area contributed by atoms with Crippen LogP contribution in [0.2, 0.25) is 0 Å². The molecule has 1 aliphatic heterocycles. The third kappa shape index (κ3) is 4.97. The van der Waals surface area contributed by atoms with Gasteiger partial charge >= 0.3 is 6.18 Å². The van der Waals surface area contributed by atoms with Gasteiger partial charge in [0.05, 0.1) is 11.6 Å². The Balaban J connectivity index is 1.75. The third-order valence-electron chi connectivity index (χ3n) is 5.18. The van der Waals surface area contributed by atoms with Crippen LogP contribution in [0.25, 0.3) is 11.3 Å². The minimum Gasteiger partial charge on any atom is -0.459 e. The predicted octanol–water partition coefficient (Wildman–Crippen LogP) is 2.84. The van der Waals surface area contributed by atoms with Crippen LogP contribution in [0.5, 0.6) is 0 Å². The largest absolute Gasteiger partial charge is 0.459 e. The molecule has 1 aliphatic rings. The van der Waals surface area contributed by atoms with Crippen LogP contribution in [0.4, 0.5) is 13.2 Å². The molecule has 0 saturated carbocycles. The Kier molecular flexibility index (Phi) is 6.00. The number of halogens is 3. The van der Waals surface area contributed by atoms with Gasteiger partial charge in [-0.3, -0.25) is 14.7 Å². The summed E-state index contributed by atoms with van der Waals surface area (Å²) in [5.74, 6) is 0.833. The van der Waals surface area contributed by atoms with Crippen molar-refractivity contribution in [2.75, 3.05) is 26.2 Å². The monoisotopic (exact) mass is 410 g/mol. The molecule has 0 unspecified atom stereocenters. The maximum absolute atomic E-state index is 12.4. The second kappa shape index (κ2) is 8.16. The molecule has 29 heavy (non-hydrogen) atoms. The Morgan fingerprint density at radius 2 is 2.03 bits per heavy atom. The predicted molar refractivity (Wildman–Crippen MR) is 102 cm³/mol. The van der Waals surface area contributed by atoms with Crippen LogP contribution in [-0.2, 0) is 10.3 Å². The lowest BCUT2D eigenvalue weighted by molar-refractivity contribution is -0.140. The van der Waals surface area contributed by atoms with E-state index in [2.05, 4.69) is 15.2 Å². The van der Waals surface area contributed by atoms with Crippen molar-refractivity contribution in [1.29, 1.82) is 0 Å². The average Bonchev–Trinajstić information content (AvgIpc) is 3.09. The van der Waals surface area contributed by atoms with Gasteiger partial charge in [0, 0.05) is 37.6 Å². The first-order valence-corrected chi connectivity index (χ1v) is 9.42. The Morgan fingerprint density at radius 1 is 1.34 bits per heavy atom. The highest BCUT2D eigenvalue weighted by molar-refractivity contribution is 5.82. The summed E-state index contributed by atoms with van der Waals surface area (Å²) in [4.78, 5) is 18.3. The highest BCUT2D eigenvalue weighted by atomic mass is 19.4. The summed E-state index contributed by atoms with van der Waals surface area (Å²) in [6, 6.07) is 4.96. The van der Waals surface area contributed by atoms with Crippen LogP contribution in [-0.4, -0.2) is 54.2 Å². The summed E-state index contributed by atoms with van der Waals surface area (Å²) < 4.78 is 43.4. The zero-order valence-corrected chi connectivity index (χ0v) is 16.6. The van der Waals surface area contributed by atoms with Crippen molar-refractivity contribution in [1.82, 2.24) is 20.5 Å². The number of carbonyl (C=O) groups excluding carboxylic acids is 1. The van der Waals surface area contributed by atoms with E-state index < -0.39 is 30.2 Å². The average molecular weight is 410 g/mol. The molecule has 0 bridgehead atoms. The molecular formula is C20H25F3N4O2. The molecule has 3 heterocycles. The van der Waals surface area contributed by atoms with E-state index in [1.807, 2.05) is 44.3 Å². The van der Waals surface area contributed by atoms with Gasteiger partial charge in [0.1, 0.15) is 18.1 Å². The Hall–Kier alpha value is -2.39. The number of hydrogen-bond donors (Lipinski definition) is 2. The molecule has 2 aromatic rings. The van der Waals surface area contributed by atoms with E-state index >= 15 is 0 Å². The topological polar surface area (TPSA) is 70.4 Å². The molecule has 0 radical (unpaired) electrons. The summed E-state index contributed by atoms with van der Waals surface area (Å²) in [6.07, 6.45) is -1.05. The molecular weight excluding hydrogens is 385 g/mol. The van der Waals surface area contributed by atoms with E-state index in [4.69, 9.17) is 4.42 Å². The Morgan fingerprint density at radius 3 is 2.69 bits per heavy atom. The Labute approximate surface area is 167 Å². The minimum atomic E-state index is -4.43. The number of piperazine rings is 1. The van der Waals surface area contributed by atoms with E-state index in [-0.39, 0.29) is 6.54 Å². The van der Waals surface area contributed by atoms with Crippen LogP contribution >= 0.6 is 0 Å². The van der Waals surface area contributed by atoms with Gasteiger partial charge in [-0.2, -0.15) is 13.2 Å². The molecule has 1 saturated heterocycles. The number of aromatic nitrogens is 1. The first-order chi connectivity index (χ1) is 13.6. The zero-order chi connectivity index (χ0) is 21.2. The van der Waals surface area contributed by atoms with Crippen molar-refractivity contribution in [2.24, 2.45) is 0 Å². The number of rotatable bonds is 5. The number of alkyl halides is 3. The number of nitrogens with zero attached hydrogens (tertiary/aromatic N) is 2. The van der Waals surface area contributed by atoms with E-state index in [1.54, 1.807) is 12.4 Å². The van der Waals surface area contributed by atoms with Gasteiger partial charge in [0.25, 0.3) is 0 Å². The Bertz CT molecular complexity index is 849. The number of carbonyl (C=O) groups is 1. The van der Waals surface area contributed by atoms with E-state index in [0.717, 1.165) is 22.6 Å². The summed E-state index contributed by atoms with van der Waals surface area (Å²) in [7, 11) is 0. The molecule has 9 heteroatoms. The number of aryl methyl sites for hydroxylation is 1. The van der Waals surface area contributed by atoms with Crippen molar-refractivity contribution in [3.8, 4) is 11.3 Å². The summed E-state index contributed by atoms with van der Waals surface area (Å²) in [5.41, 5.74) is 1.34. The molecule has 158 valence electrons. The van der Waals surface area contributed by atoms with Crippen molar-refractivity contribution in [3.63, 3.8) is 0 Å². The van der Waals surface area contributed by atoms with Crippen molar-refractivity contribution in [2.45, 2.75) is 38.5 Å². The molecule has 1 fully saturated rings. The van der Waals surface area contributed by atoms with Gasteiger partial charge in [-0.1, -0.05) is 0 Å². The lowest BCUT2D eigenvalue weighted by Gasteiger charge is -2.42. The maximum atomic E-state index is 12.4. The first kappa shape index (κ1) is 21.3. The van der Waals surface area contributed by atoms with E-state index in [1.165, 1.54) is 0 Å². The fourth-order valence-electron chi connectivity index (χ4n) is 3.64. The number of nitrogens with one attached hydrogen (secondary N) is 2. The van der Waals surface area contributed by atoms with Crippen molar-refractivity contribution in [3.05, 3.63) is 41.9 Å². The fourth-order valence-corrected chi connectivity index (χ4v) is 3.64. The second-order valence-corrected chi connectivity index (χ2v) is 7.70. The first-order valence-electron chi connectivity index (χ1n) is 9.42. The van der Waals surface area contributed by atoms with Gasteiger partial charge in [0.15, 0.2) is 0 Å². The number of furan rings is 1. The molecule has 0 aliphatic carbocycles. The summed E-state index contributed by atoms with van der Waals surface area (Å²) in [6.45, 7) is 6.02. The normalized spacial score (nSPS) is 18.6. The van der Waals surface area contributed by atoms with Gasteiger partial charge in [-0.05, 0) is 44.5 Å². The second-order valence-electron chi connectivity index (χ2n) is 7.70. The highest BCUT2D eigenvalue weighted by Crippen LogP contribution is 2.36. The minimum absolute atomic E-state index is 0.279. The molecule has 2 aromatic heterocycles. The molecule has 1 amide bonds. The van der Waals surface area contributed by atoms with Crippen LogP contribution in [0.15, 0.2) is 35.0 Å². The van der Waals surface area contributed by atoms with Gasteiger partial charge in [-0.25, -0.2) is 0 Å². The standard InChI is InChI=1S/C20H25F3N4O2/c1-13-10-16(14-4-6-24-7-5-14)29-17(13)19(2,3)27-9-8-25-15(11-27)18(28)26-12-20(21,22)23/h4-7,10,15,25H,8-9,11-12H2,1-3H3,(H,26,28)/t15-/m0/s1. The van der Waals surface area contributed by atoms with Crippen LogP contribution in [0.3, 0.4) is 0 Å². The van der Waals surface area contributed by atoms with Crippen molar-refractivity contribution < 1.29 is 22.4 Å². The molecule has 0 spiro atoms. The smallest absolute Gasteiger partial charge is 0.405 e. The van der Waals surface area contributed by atoms with Gasteiger partial charge in [0.2, 0.25) is 5.91 Å². The summed E-state index contributed by atoms with van der Waals surface area (Å²) in [5, 5.41) is 4.95. The van der Waals surface area contributed by atoms with Crippen LogP contribution in [0, 0.1) is 6.92 Å². The number of amides is 1. The SMILES string of the molecule is Cc1cc(-c2ccncc2)oc1C(C)(C)N1CCN[C@H](C(=O)NCC(F)(F)F)C1. The van der Waals surface area contributed by atoms with Gasteiger partial charge in [-0.15, -0.1) is 0 Å². The lowest BCUT2D eigenvalue weighted by atomic mass is 9.94.